The molecule has 1 heterocycles. The second-order valence-corrected chi connectivity index (χ2v) is 3.15. The van der Waals surface area contributed by atoms with Crippen molar-refractivity contribution in [3.63, 3.8) is 0 Å². The lowest BCUT2D eigenvalue weighted by atomic mass is 10.1. The van der Waals surface area contributed by atoms with Gasteiger partial charge in [0.15, 0.2) is 0 Å². The Balaban J connectivity index is 3.00. The Morgan fingerprint density at radius 1 is 1.67 bits per heavy atom. The van der Waals surface area contributed by atoms with Crippen LogP contribution in [0.5, 0.6) is 0 Å². The highest BCUT2D eigenvalue weighted by atomic mass is 35.5. The lowest BCUT2D eigenvalue weighted by molar-refractivity contribution is -0.139. The van der Waals surface area contributed by atoms with Gasteiger partial charge in [-0.05, 0) is 11.6 Å². The van der Waals surface area contributed by atoms with E-state index in [1.807, 2.05) is 0 Å². The van der Waals surface area contributed by atoms with Crippen LogP contribution in [-0.2, 0) is 16.0 Å². The minimum Gasteiger partial charge on any atom is -0.469 e. The number of methoxy groups -OCH3 is 1. The minimum atomic E-state index is -2.69. The van der Waals surface area contributed by atoms with Crippen LogP contribution in [0.2, 0.25) is 5.15 Å². The van der Waals surface area contributed by atoms with Crippen LogP contribution in [0.4, 0.5) is 8.78 Å². The van der Waals surface area contributed by atoms with E-state index >= 15 is 0 Å². The van der Waals surface area contributed by atoms with Gasteiger partial charge in [-0.25, -0.2) is 13.8 Å². The average Bonchev–Trinajstić information content (AvgIpc) is 2.20. The van der Waals surface area contributed by atoms with Crippen LogP contribution in [0.25, 0.3) is 0 Å². The fourth-order valence-electron chi connectivity index (χ4n) is 1.05. The number of hydrogen-bond acceptors (Lipinski definition) is 3. The van der Waals surface area contributed by atoms with Gasteiger partial charge in [0.2, 0.25) is 0 Å². The summed E-state index contributed by atoms with van der Waals surface area (Å²) < 4.78 is 29.4. The zero-order valence-electron chi connectivity index (χ0n) is 7.84. The largest absolute Gasteiger partial charge is 0.469 e. The Morgan fingerprint density at radius 2 is 2.33 bits per heavy atom. The molecule has 0 saturated heterocycles. The van der Waals surface area contributed by atoms with Crippen molar-refractivity contribution in [2.75, 3.05) is 7.11 Å². The number of esters is 1. The fourth-order valence-corrected chi connectivity index (χ4v) is 1.22. The fraction of sp³-hybridized carbons (Fsp3) is 0.333. The van der Waals surface area contributed by atoms with E-state index in [1.54, 1.807) is 0 Å². The number of carbonyl (C=O) groups excluding carboxylic acids is 1. The van der Waals surface area contributed by atoms with E-state index in [9.17, 15) is 13.6 Å². The molecule has 0 N–H and O–H groups in total. The van der Waals surface area contributed by atoms with Crippen LogP contribution in [0.3, 0.4) is 0 Å². The third-order valence-corrected chi connectivity index (χ3v) is 1.99. The lowest BCUT2D eigenvalue weighted by Gasteiger charge is -2.07. The molecular formula is C9H8ClF2NO2. The Bertz CT molecular complexity index is 371. The molecule has 0 amide bonds. The van der Waals surface area contributed by atoms with Gasteiger partial charge in [-0.2, -0.15) is 0 Å². The quantitative estimate of drug-likeness (QED) is 0.597. The molecule has 0 unspecified atom stereocenters. The van der Waals surface area contributed by atoms with Crippen molar-refractivity contribution in [1.29, 1.82) is 0 Å². The molecule has 1 aromatic rings. The van der Waals surface area contributed by atoms with Crippen LogP contribution in [0, 0.1) is 0 Å². The van der Waals surface area contributed by atoms with Crippen LogP contribution in [0.1, 0.15) is 17.6 Å². The molecule has 0 saturated carbocycles. The minimum absolute atomic E-state index is 0.0288. The standard InChI is InChI=1S/C9H8ClF2NO2/c1-15-8(14)2-5-4-13-7(10)3-6(5)9(11)12/h3-4,9H,2H2,1H3. The van der Waals surface area contributed by atoms with E-state index in [0.717, 1.165) is 12.3 Å². The van der Waals surface area contributed by atoms with Crippen molar-refractivity contribution < 1.29 is 18.3 Å². The summed E-state index contributed by atoms with van der Waals surface area (Å²) in [6.07, 6.45) is -1.77. The zero-order chi connectivity index (χ0) is 11.4. The van der Waals surface area contributed by atoms with Gasteiger partial charge >= 0.3 is 5.97 Å². The molecule has 0 aromatic carbocycles. The summed E-state index contributed by atoms with van der Waals surface area (Å²) in [7, 11) is 1.19. The van der Waals surface area contributed by atoms with Gasteiger partial charge < -0.3 is 4.74 Å². The molecule has 0 aliphatic heterocycles. The number of aromatic nitrogens is 1. The van der Waals surface area contributed by atoms with Gasteiger partial charge in [0.05, 0.1) is 13.5 Å². The maximum Gasteiger partial charge on any atom is 0.310 e. The number of alkyl halides is 2. The van der Waals surface area contributed by atoms with E-state index in [1.165, 1.54) is 7.11 Å². The van der Waals surface area contributed by atoms with Gasteiger partial charge in [0.1, 0.15) is 5.15 Å². The second kappa shape index (κ2) is 5.02. The Labute approximate surface area is 90.0 Å². The maximum atomic E-state index is 12.5. The van der Waals surface area contributed by atoms with Gasteiger partial charge in [0, 0.05) is 11.8 Å². The molecule has 3 nitrogen and oxygen atoms in total. The molecule has 0 radical (unpaired) electrons. The summed E-state index contributed by atoms with van der Waals surface area (Å²) in [4.78, 5) is 14.5. The van der Waals surface area contributed by atoms with E-state index in [-0.39, 0.29) is 22.7 Å². The van der Waals surface area contributed by atoms with Crippen molar-refractivity contribution in [2.45, 2.75) is 12.8 Å². The van der Waals surface area contributed by atoms with Gasteiger partial charge in [-0.3, -0.25) is 4.79 Å². The summed E-state index contributed by atoms with van der Waals surface area (Å²) >= 11 is 5.47. The van der Waals surface area contributed by atoms with Gasteiger partial charge in [-0.1, -0.05) is 11.6 Å². The Morgan fingerprint density at radius 3 is 2.87 bits per heavy atom. The van der Waals surface area contributed by atoms with E-state index < -0.39 is 12.4 Å². The molecule has 0 aliphatic carbocycles. The van der Waals surface area contributed by atoms with Crippen LogP contribution in [-0.4, -0.2) is 18.1 Å². The highest BCUT2D eigenvalue weighted by molar-refractivity contribution is 6.29. The first-order valence-corrected chi connectivity index (χ1v) is 4.41. The van der Waals surface area contributed by atoms with E-state index in [2.05, 4.69) is 9.72 Å². The molecule has 82 valence electrons. The molecule has 0 spiro atoms. The number of ether oxygens (including phenoxy) is 1. The number of nitrogens with zero attached hydrogens (tertiary/aromatic N) is 1. The van der Waals surface area contributed by atoms with Gasteiger partial charge in [-0.15, -0.1) is 0 Å². The topological polar surface area (TPSA) is 39.2 Å². The van der Waals surface area contributed by atoms with Crippen molar-refractivity contribution in [2.24, 2.45) is 0 Å². The summed E-state index contributed by atoms with van der Waals surface area (Å²) in [5, 5.41) is -0.0288. The molecule has 0 atom stereocenters. The molecule has 0 bridgehead atoms. The first kappa shape index (κ1) is 11.8. The third kappa shape index (κ3) is 3.13. The predicted molar refractivity (Wildman–Crippen MR) is 49.9 cm³/mol. The van der Waals surface area contributed by atoms with Crippen LogP contribution >= 0.6 is 11.6 Å². The average molecular weight is 236 g/mol. The number of rotatable bonds is 3. The number of pyridine rings is 1. The Hall–Kier alpha value is -1.23. The summed E-state index contributed by atoms with van der Waals surface area (Å²) in [5.41, 5.74) is -0.165. The smallest absolute Gasteiger partial charge is 0.310 e. The maximum absolute atomic E-state index is 12.5. The zero-order valence-corrected chi connectivity index (χ0v) is 8.59. The molecule has 6 heteroatoms. The molecule has 0 fully saturated rings. The summed E-state index contributed by atoms with van der Waals surface area (Å²) in [6, 6.07) is 1.05. The van der Waals surface area contributed by atoms with Crippen molar-refractivity contribution in [1.82, 2.24) is 4.98 Å². The highest BCUT2D eigenvalue weighted by Crippen LogP contribution is 2.25. The van der Waals surface area contributed by atoms with E-state index in [4.69, 9.17) is 11.6 Å². The summed E-state index contributed by atoms with van der Waals surface area (Å²) in [6.45, 7) is 0. The number of hydrogen-bond donors (Lipinski definition) is 0. The Kier molecular flexibility index (Phi) is 3.96. The van der Waals surface area contributed by atoms with Crippen LogP contribution in [0.15, 0.2) is 12.3 Å². The van der Waals surface area contributed by atoms with Crippen molar-refractivity contribution in [3.8, 4) is 0 Å². The molecule has 15 heavy (non-hydrogen) atoms. The first-order chi connectivity index (χ1) is 7.04. The van der Waals surface area contributed by atoms with E-state index in [0.29, 0.717) is 0 Å². The van der Waals surface area contributed by atoms with Crippen molar-refractivity contribution >= 4 is 17.6 Å². The third-order valence-electron chi connectivity index (χ3n) is 1.79. The lowest BCUT2D eigenvalue weighted by Crippen LogP contribution is -2.07. The number of halogens is 3. The molecule has 1 rings (SSSR count). The van der Waals surface area contributed by atoms with Gasteiger partial charge in [0.25, 0.3) is 6.43 Å². The predicted octanol–water partition coefficient (Wildman–Crippen LogP) is 2.39. The molecule has 0 aliphatic rings. The highest BCUT2D eigenvalue weighted by Gasteiger charge is 2.16. The summed E-state index contributed by atoms with van der Waals surface area (Å²) in [5.74, 6) is -0.596. The first-order valence-electron chi connectivity index (χ1n) is 4.04. The number of carbonyl (C=O) groups is 1. The molecule has 1 aromatic heterocycles. The SMILES string of the molecule is COC(=O)Cc1cnc(Cl)cc1C(F)F. The molecular weight excluding hydrogens is 228 g/mol. The monoisotopic (exact) mass is 235 g/mol. The second-order valence-electron chi connectivity index (χ2n) is 2.76. The van der Waals surface area contributed by atoms with Crippen molar-refractivity contribution in [3.05, 3.63) is 28.5 Å². The van der Waals surface area contributed by atoms with Crippen LogP contribution < -0.4 is 0 Å². The normalized spacial score (nSPS) is 10.5.